The Balaban J connectivity index is 1.12. The third kappa shape index (κ3) is 8.02. The molecule has 8 heteroatoms. The van der Waals surface area contributed by atoms with E-state index in [0.29, 0.717) is 0 Å². The van der Waals surface area contributed by atoms with E-state index in [9.17, 15) is 0 Å². The molecule has 0 atom stereocenters. The normalized spacial score (nSPS) is 12.8. The fraction of sp³-hybridized carbons (Fsp3) is 0.0988. The summed E-state index contributed by atoms with van der Waals surface area (Å²) < 4.78 is 2.64. The minimum atomic E-state index is -0.138. The van der Waals surface area contributed by atoms with E-state index >= 15 is 0 Å². The molecule has 0 fully saturated rings. The van der Waals surface area contributed by atoms with Crippen molar-refractivity contribution in [3.05, 3.63) is 267 Å². The average Bonchev–Trinajstić information content (AvgIpc) is 1.68. The Morgan fingerprint density at radius 2 is 0.764 bits per heavy atom. The number of hydrogen-bond acceptors (Lipinski definition) is 6. The summed E-state index contributed by atoms with van der Waals surface area (Å²) in [6.45, 7) is 13.8. The maximum absolute atomic E-state index is 4.95. The summed E-state index contributed by atoms with van der Waals surface area (Å²) in [4.78, 5) is 27.1. The number of fused-ring (bicyclic) bond motifs is 14. The van der Waals surface area contributed by atoms with E-state index in [1.165, 1.54) is 76.1 Å². The molecule has 0 amide bonds. The highest BCUT2D eigenvalue weighted by Gasteiger charge is 2.44. The summed E-state index contributed by atoms with van der Waals surface area (Å²) in [7, 11) is 0. The maximum Gasteiger partial charge on any atom is 0.252 e. The maximum atomic E-state index is 4.95. The van der Waals surface area contributed by atoms with Crippen LogP contribution in [-0.2, 0) is 10.8 Å². The third-order valence-corrected chi connectivity index (χ3v) is 18.9. The lowest BCUT2D eigenvalue weighted by Gasteiger charge is -2.41. The van der Waals surface area contributed by atoms with Gasteiger partial charge in [0.1, 0.15) is 0 Å². The topological polar surface area (TPSA) is 72.6 Å². The van der Waals surface area contributed by atoms with Crippen LogP contribution in [0.2, 0.25) is 0 Å². The largest absolute Gasteiger partial charge is 0.311 e. The molecule has 89 heavy (non-hydrogen) atoms. The average molecular weight is 1140 g/mol. The summed E-state index contributed by atoms with van der Waals surface area (Å²) in [5, 5.41) is 10.0. The van der Waals surface area contributed by atoms with E-state index in [-0.39, 0.29) is 17.5 Å². The number of aromatic nitrogens is 6. The number of rotatable bonds is 7. The van der Waals surface area contributed by atoms with Gasteiger partial charge in [-0.25, -0.2) is 0 Å². The molecule has 0 saturated heterocycles. The first-order valence-electron chi connectivity index (χ1n) is 30.8. The van der Waals surface area contributed by atoms with Crippen LogP contribution < -0.4 is 21.3 Å². The fourth-order valence-electron chi connectivity index (χ4n) is 15.0. The molecule has 6 aromatic heterocycles. The lowest BCUT2D eigenvalue weighted by atomic mass is 9.33. The zero-order valence-electron chi connectivity index (χ0n) is 50.5. The SMILES string of the molecule is CC(C)(C)c1ccc(N2c3ccc(C(C)(C)C)cc3B3c4c2cc(-c2c(-c5cccnc5)c(-c5cccnc5)c(-c5cccnc5)c(-c5cccnc5)c2-c2cccnc2)cc4-n2c4ccc5c6ccccc6c6ccccc6c5c4c4cccc3c42)cc1. The molecule has 0 spiro atoms. The Bertz CT molecular complexity index is 5230. The second-order valence-electron chi connectivity index (χ2n) is 26.0. The van der Waals surface area contributed by atoms with E-state index in [2.05, 4.69) is 227 Å². The number of pyridine rings is 5. The molecule has 0 saturated carbocycles. The lowest BCUT2D eigenvalue weighted by molar-refractivity contribution is 0.590. The van der Waals surface area contributed by atoms with Crippen LogP contribution in [0.4, 0.5) is 17.1 Å². The van der Waals surface area contributed by atoms with Crippen molar-refractivity contribution in [1.29, 1.82) is 0 Å². The molecule has 0 N–H and O–H groups in total. The van der Waals surface area contributed by atoms with E-state index in [0.717, 1.165) is 95.0 Å². The van der Waals surface area contributed by atoms with Gasteiger partial charge in [-0.05, 0) is 143 Å². The van der Waals surface area contributed by atoms with Crippen molar-refractivity contribution in [2.24, 2.45) is 0 Å². The number of nitrogens with zero attached hydrogens (tertiary/aromatic N) is 7. The number of para-hydroxylation sites is 1. The van der Waals surface area contributed by atoms with Crippen molar-refractivity contribution in [1.82, 2.24) is 29.5 Å². The molecule has 0 bridgehead atoms. The predicted octanol–water partition coefficient (Wildman–Crippen LogP) is 18.4. The van der Waals surface area contributed by atoms with Gasteiger partial charge in [0.25, 0.3) is 6.71 Å². The van der Waals surface area contributed by atoms with Crippen LogP contribution in [0.25, 0.3) is 127 Å². The summed E-state index contributed by atoms with van der Waals surface area (Å²) >= 11 is 0. The monoisotopic (exact) mass is 1140 g/mol. The van der Waals surface area contributed by atoms with Crippen molar-refractivity contribution in [2.45, 2.75) is 52.4 Å². The highest BCUT2D eigenvalue weighted by atomic mass is 15.2. The highest BCUT2D eigenvalue weighted by molar-refractivity contribution is 7.00. The second-order valence-corrected chi connectivity index (χ2v) is 26.0. The van der Waals surface area contributed by atoms with Gasteiger partial charge in [0.15, 0.2) is 0 Å². The van der Waals surface area contributed by atoms with Crippen molar-refractivity contribution in [3.8, 4) is 72.4 Å². The van der Waals surface area contributed by atoms with Crippen molar-refractivity contribution in [3.63, 3.8) is 0 Å². The van der Waals surface area contributed by atoms with Gasteiger partial charge in [0.05, 0.1) is 5.52 Å². The first-order chi connectivity index (χ1) is 43.5. The van der Waals surface area contributed by atoms with Crippen molar-refractivity contribution >= 4 is 94.3 Å². The summed E-state index contributed by atoms with van der Waals surface area (Å²) in [5.41, 5.74) is 25.0. The first kappa shape index (κ1) is 52.5. The zero-order valence-corrected chi connectivity index (χ0v) is 50.5. The number of hydrogen-bond donors (Lipinski definition) is 0. The second kappa shape index (κ2) is 19.9. The fourth-order valence-corrected chi connectivity index (χ4v) is 15.0. The molecule has 8 heterocycles. The smallest absolute Gasteiger partial charge is 0.252 e. The quantitative estimate of drug-likeness (QED) is 0.117. The summed E-state index contributed by atoms with van der Waals surface area (Å²) in [6.07, 6.45) is 19.3. The molecule has 0 radical (unpaired) electrons. The van der Waals surface area contributed by atoms with Gasteiger partial charge in [-0.1, -0.05) is 169 Å². The minimum absolute atomic E-state index is 0.0538. The van der Waals surface area contributed by atoms with Gasteiger partial charge in [-0.2, -0.15) is 0 Å². The zero-order chi connectivity index (χ0) is 59.9. The van der Waals surface area contributed by atoms with Gasteiger partial charge in [0, 0.05) is 162 Å². The Labute approximate surface area is 517 Å². The van der Waals surface area contributed by atoms with Crippen LogP contribution in [0.15, 0.2) is 256 Å². The van der Waals surface area contributed by atoms with Crippen LogP contribution in [-0.4, -0.2) is 36.2 Å². The Kier molecular flexibility index (Phi) is 11.7. The van der Waals surface area contributed by atoms with E-state index in [1.54, 1.807) is 0 Å². The van der Waals surface area contributed by atoms with E-state index in [4.69, 9.17) is 24.9 Å². The van der Waals surface area contributed by atoms with Crippen LogP contribution in [0.3, 0.4) is 0 Å². The number of benzene rings is 9. The van der Waals surface area contributed by atoms with Gasteiger partial charge in [0.2, 0.25) is 0 Å². The van der Waals surface area contributed by atoms with Gasteiger partial charge in [-0.15, -0.1) is 0 Å². The molecule has 2 aliphatic heterocycles. The van der Waals surface area contributed by atoms with Crippen LogP contribution in [0.1, 0.15) is 52.7 Å². The Morgan fingerprint density at radius 3 is 1.25 bits per heavy atom. The molecule has 17 rings (SSSR count). The molecule has 0 unspecified atom stereocenters. The minimum Gasteiger partial charge on any atom is -0.311 e. The third-order valence-electron chi connectivity index (χ3n) is 18.9. The highest BCUT2D eigenvalue weighted by Crippen LogP contribution is 2.57. The van der Waals surface area contributed by atoms with Crippen molar-refractivity contribution in [2.75, 3.05) is 4.90 Å². The summed E-state index contributed by atoms with van der Waals surface area (Å²) in [5.74, 6) is 0. The Morgan fingerprint density at radius 1 is 0.326 bits per heavy atom. The van der Waals surface area contributed by atoms with Crippen LogP contribution >= 0.6 is 0 Å². The van der Waals surface area contributed by atoms with Gasteiger partial charge >= 0.3 is 0 Å². The molecule has 422 valence electrons. The standard InChI is InChI=1S/C81H60BN7/c1-80(2,3)55-28-31-57(32-29-55)88-66-34-30-56(81(4,5)6)43-65(66)82-64-27-11-26-63-77-67(35-33-62-60-24-8-7-22-58(60)59-23-9-10-25-61(59)76(62)77)89(79(63)64)69-42-54(41-68(88)78(69)82)75-73(52-20-15-39-86-47-52)71(50-18-13-37-84-45-50)70(49-17-12-36-83-44-49)72(51-19-14-38-85-46-51)74(75)53-21-16-40-87-48-53/h7-48H,1-6H3. The molecular weight excluding hydrogens is 1080 g/mol. The predicted molar refractivity (Wildman–Crippen MR) is 372 cm³/mol. The van der Waals surface area contributed by atoms with Crippen LogP contribution in [0.5, 0.6) is 0 Å². The molecule has 15 aromatic rings. The van der Waals surface area contributed by atoms with E-state index < -0.39 is 0 Å². The summed E-state index contributed by atoms with van der Waals surface area (Å²) in [6, 6.07) is 72.7. The molecule has 9 aromatic carbocycles. The molecule has 7 nitrogen and oxygen atoms in total. The van der Waals surface area contributed by atoms with E-state index in [1.807, 2.05) is 80.2 Å². The van der Waals surface area contributed by atoms with Gasteiger partial charge < -0.3 is 9.47 Å². The Hall–Kier alpha value is -10.8. The van der Waals surface area contributed by atoms with Crippen LogP contribution in [0, 0.1) is 0 Å². The molecule has 0 aliphatic carbocycles. The number of anilines is 3. The lowest BCUT2D eigenvalue weighted by Crippen LogP contribution is -2.60. The molecule has 2 aliphatic rings. The first-order valence-corrected chi connectivity index (χ1v) is 30.8. The van der Waals surface area contributed by atoms with Crippen molar-refractivity contribution < 1.29 is 0 Å². The molecular formula is C81H60BN7. The van der Waals surface area contributed by atoms with Gasteiger partial charge in [-0.3, -0.25) is 24.9 Å².